The van der Waals surface area contributed by atoms with Crippen LogP contribution in [-0.4, -0.2) is 86.4 Å². The van der Waals surface area contributed by atoms with Gasteiger partial charge in [0.15, 0.2) is 0 Å². The second-order valence-electron chi connectivity index (χ2n) is 8.22. The Morgan fingerprint density at radius 1 is 1.21 bits per heavy atom. The Balaban J connectivity index is 1.26. The number of carbonyl (C=O) groups is 1. The number of pyridine rings is 1. The van der Waals surface area contributed by atoms with Crippen molar-refractivity contribution in [3.8, 4) is 0 Å². The van der Waals surface area contributed by atoms with E-state index in [0.29, 0.717) is 39.3 Å². The van der Waals surface area contributed by atoms with E-state index in [1.165, 1.54) is 4.31 Å². The van der Waals surface area contributed by atoms with Crippen LogP contribution in [0.3, 0.4) is 0 Å². The lowest BCUT2D eigenvalue weighted by atomic mass is 10.2. The number of ether oxygens (including phenoxy) is 1. The van der Waals surface area contributed by atoms with Crippen LogP contribution in [0.1, 0.15) is 17.7 Å². The van der Waals surface area contributed by atoms with Gasteiger partial charge in [-0.2, -0.15) is 4.31 Å². The number of amides is 2. The van der Waals surface area contributed by atoms with Gasteiger partial charge in [0.2, 0.25) is 10.0 Å². The number of hydrogen-bond donors (Lipinski definition) is 1. The Hall–Kier alpha value is -2.21. The van der Waals surface area contributed by atoms with Gasteiger partial charge < -0.3 is 19.9 Å². The third-order valence-electron chi connectivity index (χ3n) is 5.90. The third-order valence-corrected chi connectivity index (χ3v) is 8.64. The van der Waals surface area contributed by atoms with E-state index in [4.69, 9.17) is 4.74 Å². The second-order valence-corrected chi connectivity index (χ2v) is 11.3. The molecule has 4 rings (SSSR count). The summed E-state index contributed by atoms with van der Waals surface area (Å²) in [5, 5.41) is 4.79. The van der Waals surface area contributed by atoms with Crippen molar-refractivity contribution in [2.24, 2.45) is 0 Å². The molecule has 11 heteroatoms. The van der Waals surface area contributed by atoms with Gasteiger partial charge in [-0.3, -0.25) is 0 Å². The minimum Gasteiger partial charge on any atom is -0.376 e. The van der Waals surface area contributed by atoms with Gasteiger partial charge in [-0.05, 0) is 36.4 Å². The first-order valence-corrected chi connectivity index (χ1v) is 13.8. The monoisotopic (exact) mass is 493 g/mol. The van der Waals surface area contributed by atoms with Crippen LogP contribution in [0.4, 0.5) is 10.6 Å². The maximum Gasteiger partial charge on any atom is 0.317 e. The highest BCUT2D eigenvalue weighted by atomic mass is 32.2. The Kier molecular flexibility index (Phi) is 8.18. The summed E-state index contributed by atoms with van der Waals surface area (Å²) in [5.74, 6) is 0.744. The Labute approximate surface area is 199 Å². The Bertz CT molecular complexity index is 973. The molecule has 180 valence electrons. The standard InChI is InChI=1S/C22H31N5O4S2/c28-22(26(17-19-5-3-14-31-19)18-20-6-4-15-32-20)24-9-16-33(29,30)27-12-10-25(11-13-27)21-7-1-2-8-23-21/h1-2,4,6-8,15,19H,3,5,9-14,16-18H2,(H,24,28). The molecule has 0 radical (unpaired) electrons. The van der Waals surface area contributed by atoms with Crippen molar-refractivity contribution >= 4 is 33.2 Å². The number of hydrogen-bond acceptors (Lipinski definition) is 7. The maximum absolute atomic E-state index is 12.9. The number of nitrogens with zero attached hydrogens (tertiary/aromatic N) is 4. The Morgan fingerprint density at radius 3 is 2.73 bits per heavy atom. The van der Waals surface area contributed by atoms with Gasteiger partial charge in [0.05, 0.1) is 18.4 Å². The molecule has 0 saturated carbocycles. The van der Waals surface area contributed by atoms with Crippen molar-refractivity contribution in [2.75, 3.05) is 56.5 Å². The molecule has 2 aliphatic heterocycles. The molecule has 0 aliphatic carbocycles. The summed E-state index contributed by atoms with van der Waals surface area (Å²) in [6.07, 6.45) is 3.72. The number of aromatic nitrogens is 1. The smallest absolute Gasteiger partial charge is 0.317 e. The minimum atomic E-state index is -3.45. The number of anilines is 1. The molecule has 2 aliphatic rings. The number of urea groups is 1. The average Bonchev–Trinajstić information content (AvgIpc) is 3.54. The predicted molar refractivity (Wildman–Crippen MR) is 129 cm³/mol. The lowest BCUT2D eigenvalue weighted by Gasteiger charge is -2.34. The highest BCUT2D eigenvalue weighted by molar-refractivity contribution is 7.89. The summed E-state index contributed by atoms with van der Waals surface area (Å²) >= 11 is 1.60. The molecule has 2 fully saturated rings. The van der Waals surface area contributed by atoms with Crippen molar-refractivity contribution in [3.05, 3.63) is 46.8 Å². The largest absolute Gasteiger partial charge is 0.376 e. The summed E-state index contributed by atoms with van der Waals surface area (Å²) < 4.78 is 32.9. The number of nitrogens with one attached hydrogen (secondary N) is 1. The van der Waals surface area contributed by atoms with Gasteiger partial charge in [0, 0.05) is 56.9 Å². The van der Waals surface area contributed by atoms with E-state index in [9.17, 15) is 13.2 Å². The summed E-state index contributed by atoms with van der Waals surface area (Å²) in [7, 11) is -3.45. The molecule has 2 aromatic rings. The fraction of sp³-hybridized carbons (Fsp3) is 0.545. The van der Waals surface area contributed by atoms with E-state index < -0.39 is 10.0 Å². The molecular weight excluding hydrogens is 462 g/mol. The van der Waals surface area contributed by atoms with Gasteiger partial charge in [-0.25, -0.2) is 18.2 Å². The molecule has 9 nitrogen and oxygen atoms in total. The molecule has 4 heterocycles. The van der Waals surface area contributed by atoms with Crippen LogP contribution in [0.15, 0.2) is 41.9 Å². The van der Waals surface area contributed by atoms with Crippen LogP contribution in [0, 0.1) is 0 Å². The molecule has 1 atom stereocenters. The van der Waals surface area contributed by atoms with Crippen LogP contribution in [-0.2, 0) is 21.3 Å². The van der Waals surface area contributed by atoms with E-state index in [2.05, 4.69) is 15.2 Å². The first-order chi connectivity index (χ1) is 16.0. The molecule has 2 saturated heterocycles. The van der Waals surface area contributed by atoms with Crippen molar-refractivity contribution in [2.45, 2.75) is 25.5 Å². The summed E-state index contributed by atoms with van der Waals surface area (Å²) in [4.78, 5) is 22.1. The SMILES string of the molecule is O=C(NCCS(=O)(=O)N1CCN(c2ccccn2)CC1)N(Cc1cccs1)CC1CCCO1. The number of piperazine rings is 1. The zero-order valence-corrected chi connectivity index (χ0v) is 20.3. The van der Waals surface area contributed by atoms with Gasteiger partial charge in [0.25, 0.3) is 0 Å². The number of thiophene rings is 1. The lowest BCUT2D eigenvalue weighted by Crippen LogP contribution is -2.51. The van der Waals surface area contributed by atoms with Gasteiger partial charge in [0.1, 0.15) is 5.82 Å². The average molecular weight is 494 g/mol. The van der Waals surface area contributed by atoms with Crippen LogP contribution < -0.4 is 10.2 Å². The predicted octanol–water partition coefficient (Wildman–Crippen LogP) is 1.99. The molecule has 2 aromatic heterocycles. The first-order valence-electron chi connectivity index (χ1n) is 11.3. The third kappa shape index (κ3) is 6.66. The maximum atomic E-state index is 12.9. The number of rotatable bonds is 9. The fourth-order valence-electron chi connectivity index (χ4n) is 4.11. The van der Waals surface area contributed by atoms with Crippen LogP contribution in [0.5, 0.6) is 0 Å². The van der Waals surface area contributed by atoms with Crippen LogP contribution in [0.2, 0.25) is 0 Å². The molecule has 0 bridgehead atoms. The van der Waals surface area contributed by atoms with E-state index in [1.54, 1.807) is 22.4 Å². The number of carbonyl (C=O) groups excluding carboxylic acids is 1. The van der Waals surface area contributed by atoms with E-state index >= 15 is 0 Å². The Morgan fingerprint density at radius 2 is 2.06 bits per heavy atom. The molecule has 1 unspecified atom stereocenters. The van der Waals surface area contributed by atoms with Crippen LogP contribution in [0.25, 0.3) is 0 Å². The van der Waals surface area contributed by atoms with Crippen molar-refractivity contribution < 1.29 is 17.9 Å². The zero-order chi connectivity index (χ0) is 23.1. The molecular formula is C22H31N5O4S2. The topological polar surface area (TPSA) is 95.1 Å². The highest BCUT2D eigenvalue weighted by Crippen LogP contribution is 2.18. The van der Waals surface area contributed by atoms with E-state index in [0.717, 1.165) is 30.1 Å². The van der Waals surface area contributed by atoms with Crippen molar-refractivity contribution in [3.63, 3.8) is 0 Å². The molecule has 1 N–H and O–H groups in total. The zero-order valence-electron chi connectivity index (χ0n) is 18.6. The first kappa shape index (κ1) is 23.9. The molecule has 0 aromatic carbocycles. The van der Waals surface area contributed by atoms with Gasteiger partial charge in [-0.1, -0.05) is 12.1 Å². The normalized spacial score (nSPS) is 19.5. The number of sulfonamides is 1. The van der Waals surface area contributed by atoms with Crippen LogP contribution >= 0.6 is 11.3 Å². The quantitative estimate of drug-likeness (QED) is 0.574. The van der Waals surface area contributed by atoms with Gasteiger partial charge in [-0.15, -0.1) is 11.3 Å². The summed E-state index contributed by atoms with van der Waals surface area (Å²) in [6.45, 7) is 3.82. The second kappa shape index (κ2) is 11.3. The fourth-order valence-corrected chi connectivity index (χ4v) is 6.17. The molecule has 33 heavy (non-hydrogen) atoms. The van der Waals surface area contributed by atoms with Crippen molar-refractivity contribution in [1.82, 2.24) is 19.5 Å². The van der Waals surface area contributed by atoms with Gasteiger partial charge >= 0.3 is 6.03 Å². The lowest BCUT2D eigenvalue weighted by molar-refractivity contribution is 0.0798. The summed E-state index contributed by atoms with van der Waals surface area (Å²) in [6, 6.07) is 9.42. The molecule has 0 spiro atoms. The van der Waals surface area contributed by atoms with E-state index in [-0.39, 0.29) is 24.4 Å². The highest BCUT2D eigenvalue weighted by Gasteiger charge is 2.28. The summed E-state index contributed by atoms with van der Waals surface area (Å²) in [5.41, 5.74) is 0. The minimum absolute atomic E-state index is 0.0369. The van der Waals surface area contributed by atoms with Crippen molar-refractivity contribution in [1.29, 1.82) is 0 Å². The molecule has 2 amide bonds. The van der Waals surface area contributed by atoms with E-state index in [1.807, 2.05) is 35.7 Å².